The molecule has 0 unspecified atom stereocenters. The summed E-state index contributed by atoms with van der Waals surface area (Å²) in [4.78, 5) is 15.1. The van der Waals surface area contributed by atoms with Gasteiger partial charge in [-0.3, -0.25) is 0 Å². The van der Waals surface area contributed by atoms with Gasteiger partial charge < -0.3 is 14.8 Å². The molecule has 0 atom stereocenters. The Kier molecular flexibility index (Phi) is 6.50. The fourth-order valence-electron chi connectivity index (χ4n) is 1.28. The molecule has 1 aromatic rings. The highest BCUT2D eigenvalue weighted by atomic mass is 16.5. The molecule has 0 aliphatic rings. The second-order valence-corrected chi connectivity index (χ2v) is 3.49. The van der Waals surface area contributed by atoms with E-state index in [0.29, 0.717) is 25.6 Å². The van der Waals surface area contributed by atoms with Crippen molar-refractivity contribution in [3.63, 3.8) is 0 Å². The quantitative estimate of drug-likeness (QED) is 0.449. The third kappa shape index (κ3) is 5.45. The van der Waals surface area contributed by atoms with Crippen LogP contribution >= 0.6 is 0 Å². The summed E-state index contributed by atoms with van der Waals surface area (Å²) in [6, 6.07) is 3.75. The molecule has 1 heterocycles. The molecule has 0 aromatic carbocycles. The summed E-state index contributed by atoms with van der Waals surface area (Å²) in [7, 11) is 1.58. The van der Waals surface area contributed by atoms with E-state index < -0.39 is 0 Å². The molecular weight excluding hydrogens is 232 g/mol. The van der Waals surface area contributed by atoms with Gasteiger partial charge in [0.1, 0.15) is 0 Å². The largest absolute Gasteiger partial charge is 0.481 e. The zero-order valence-electron chi connectivity index (χ0n) is 10.7. The van der Waals surface area contributed by atoms with Crippen LogP contribution in [0.1, 0.15) is 12.5 Å². The molecule has 1 rings (SSSR count). The number of aromatic nitrogens is 1. The van der Waals surface area contributed by atoms with Crippen LogP contribution < -0.4 is 10.1 Å². The summed E-state index contributed by atoms with van der Waals surface area (Å²) < 4.78 is 9.72. The van der Waals surface area contributed by atoms with Gasteiger partial charge in [0.05, 0.1) is 13.7 Å². The molecule has 1 aromatic heterocycles. The number of esters is 1. The van der Waals surface area contributed by atoms with Crippen LogP contribution in [0.15, 0.2) is 30.5 Å². The topological polar surface area (TPSA) is 60.5 Å². The highest BCUT2D eigenvalue weighted by Crippen LogP contribution is 2.05. The van der Waals surface area contributed by atoms with E-state index in [4.69, 9.17) is 9.47 Å². The highest BCUT2D eigenvalue weighted by molar-refractivity contribution is 5.81. The van der Waals surface area contributed by atoms with E-state index in [1.165, 1.54) is 6.08 Å². The van der Waals surface area contributed by atoms with Crippen molar-refractivity contribution in [1.29, 1.82) is 0 Å². The molecule has 0 amide bonds. The van der Waals surface area contributed by atoms with Crippen LogP contribution in [0.2, 0.25) is 0 Å². The van der Waals surface area contributed by atoms with Crippen LogP contribution in [0.25, 0.3) is 0 Å². The number of methoxy groups -OCH3 is 1. The van der Waals surface area contributed by atoms with Crippen LogP contribution in [0.5, 0.6) is 5.88 Å². The van der Waals surface area contributed by atoms with Crippen LogP contribution in [0.4, 0.5) is 0 Å². The van der Waals surface area contributed by atoms with Gasteiger partial charge in [0.25, 0.3) is 0 Å². The zero-order chi connectivity index (χ0) is 13.2. The lowest BCUT2D eigenvalue weighted by Crippen LogP contribution is -2.13. The van der Waals surface area contributed by atoms with Crippen molar-refractivity contribution in [2.24, 2.45) is 0 Å². The molecule has 0 fully saturated rings. The first kappa shape index (κ1) is 14.2. The summed E-state index contributed by atoms with van der Waals surface area (Å²) >= 11 is 0. The molecule has 18 heavy (non-hydrogen) atoms. The summed E-state index contributed by atoms with van der Waals surface area (Å²) in [6.07, 6.45) is 4.90. The first-order valence-electron chi connectivity index (χ1n) is 5.79. The number of hydrogen-bond acceptors (Lipinski definition) is 5. The maximum atomic E-state index is 11.0. The second-order valence-electron chi connectivity index (χ2n) is 3.49. The van der Waals surface area contributed by atoms with Crippen molar-refractivity contribution in [3.05, 3.63) is 36.0 Å². The fourth-order valence-corrected chi connectivity index (χ4v) is 1.28. The minimum absolute atomic E-state index is 0.314. The number of nitrogens with one attached hydrogen (secondary N) is 1. The predicted molar refractivity (Wildman–Crippen MR) is 68.3 cm³/mol. The Labute approximate surface area is 107 Å². The second kappa shape index (κ2) is 8.25. The van der Waals surface area contributed by atoms with Crippen molar-refractivity contribution < 1.29 is 14.3 Å². The van der Waals surface area contributed by atoms with E-state index in [0.717, 1.165) is 5.56 Å². The Morgan fingerprint density at radius 3 is 2.94 bits per heavy atom. The van der Waals surface area contributed by atoms with Gasteiger partial charge in [-0.2, -0.15) is 0 Å². The van der Waals surface area contributed by atoms with Crippen molar-refractivity contribution in [3.8, 4) is 5.88 Å². The SMILES string of the molecule is CCOC(=O)/C=C/CNCc1ccc(OC)nc1. The van der Waals surface area contributed by atoms with Gasteiger partial charge in [-0.15, -0.1) is 0 Å². The minimum Gasteiger partial charge on any atom is -0.481 e. The lowest BCUT2D eigenvalue weighted by atomic mass is 10.3. The third-order valence-electron chi connectivity index (χ3n) is 2.14. The van der Waals surface area contributed by atoms with Crippen LogP contribution in [-0.2, 0) is 16.1 Å². The van der Waals surface area contributed by atoms with Gasteiger partial charge in [-0.25, -0.2) is 9.78 Å². The molecule has 1 N–H and O–H groups in total. The van der Waals surface area contributed by atoms with Crippen LogP contribution in [0.3, 0.4) is 0 Å². The molecule has 0 radical (unpaired) electrons. The van der Waals surface area contributed by atoms with Gasteiger partial charge in [0.15, 0.2) is 0 Å². The minimum atomic E-state index is -0.314. The molecule has 98 valence electrons. The number of pyridine rings is 1. The number of hydrogen-bond donors (Lipinski definition) is 1. The molecule has 0 bridgehead atoms. The summed E-state index contributed by atoms with van der Waals surface area (Å²) in [6.45, 7) is 3.46. The van der Waals surface area contributed by atoms with E-state index in [1.807, 2.05) is 12.1 Å². The van der Waals surface area contributed by atoms with Gasteiger partial charge in [-0.05, 0) is 12.5 Å². The average Bonchev–Trinajstić information content (AvgIpc) is 2.39. The number of carbonyl (C=O) groups is 1. The summed E-state index contributed by atoms with van der Waals surface area (Å²) in [5.41, 5.74) is 1.06. The van der Waals surface area contributed by atoms with Crippen molar-refractivity contribution in [2.75, 3.05) is 20.3 Å². The Bertz CT molecular complexity index is 388. The molecule has 0 aliphatic heterocycles. The Morgan fingerprint density at radius 2 is 2.33 bits per heavy atom. The molecule has 0 aliphatic carbocycles. The third-order valence-corrected chi connectivity index (χ3v) is 2.14. The standard InChI is InChI=1S/C13H18N2O3/c1-3-18-13(16)5-4-8-14-9-11-6-7-12(17-2)15-10-11/h4-7,10,14H,3,8-9H2,1-2H3/b5-4+. The maximum Gasteiger partial charge on any atom is 0.330 e. The molecule has 0 spiro atoms. The maximum absolute atomic E-state index is 11.0. The number of carbonyl (C=O) groups excluding carboxylic acids is 1. The van der Waals surface area contributed by atoms with E-state index >= 15 is 0 Å². The van der Waals surface area contributed by atoms with Gasteiger partial charge in [0.2, 0.25) is 5.88 Å². The van der Waals surface area contributed by atoms with Crippen molar-refractivity contribution in [2.45, 2.75) is 13.5 Å². The van der Waals surface area contributed by atoms with E-state index in [-0.39, 0.29) is 5.97 Å². The summed E-state index contributed by atoms with van der Waals surface area (Å²) in [5, 5.41) is 3.16. The first-order chi connectivity index (χ1) is 8.76. The Hall–Kier alpha value is -1.88. The average molecular weight is 250 g/mol. The number of ether oxygens (including phenoxy) is 2. The van der Waals surface area contributed by atoms with Gasteiger partial charge in [-0.1, -0.05) is 12.1 Å². The van der Waals surface area contributed by atoms with E-state index in [9.17, 15) is 4.79 Å². The smallest absolute Gasteiger partial charge is 0.330 e. The summed E-state index contributed by atoms with van der Waals surface area (Å²) in [5.74, 6) is 0.284. The zero-order valence-corrected chi connectivity index (χ0v) is 10.7. The van der Waals surface area contributed by atoms with Gasteiger partial charge in [0, 0.05) is 31.4 Å². The number of nitrogens with zero attached hydrogens (tertiary/aromatic N) is 1. The van der Waals surface area contributed by atoms with Gasteiger partial charge >= 0.3 is 5.97 Å². The van der Waals surface area contributed by atoms with Crippen molar-refractivity contribution in [1.82, 2.24) is 10.3 Å². The fraction of sp³-hybridized carbons (Fsp3) is 0.385. The monoisotopic (exact) mass is 250 g/mol. The van der Waals surface area contributed by atoms with Crippen molar-refractivity contribution >= 4 is 5.97 Å². The Morgan fingerprint density at radius 1 is 1.50 bits per heavy atom. The lowest BCUT2D eigenvalue weighted by molar-refractivity contribution is -0.137. The normalized spacial score (nSPS) is 10.6. The highest BCUT2D eigenvalue weighted by Gasteiger charge is 1.95. The molecule has 0 saturated heterocycles. The predicted octanol–water partition coefficient (Wildman–Crippen LogP) is 1.30. The molecule has 5 heteroatoms. The van der Waals surface area contributed by atoms with Crippen LogP contribution in [0, 0.1) is 0 Å². The number of rotatable bonds is 7. The first-order valence-corrected chi connectivity index (χ1v) is 5.79. The molecular formula is C13H18N2O3. The lowest BCUT2D eigenvalue weighted by Gasteiger charge is -2.03. The van der Waals surface area contributed by atoms with E-state index in [2.05, 4.69) is 10.3 Å². The molecule has 5 nitrogen and oxygen atoms in total. The van der Waals surface area contributed by atoms with E-state index in [1.54, 1.807) is 26.3 Å². The molecule has 0 saturated carbocycles. The Balaban J connectivity index is 2.23. The van der Waals surface area contributed by atoms with Crippen LogP contribution in [-0.4, -0.2) is 31.2 Å².